The number of hydrogen-bond acceptors (Lipinski definition) is 4. The number of halogens is 3. The van der Waals surface area contributed by atoms with Crippen molar-refractivity contribution in [1.29, 1.82) is 0 Å². The molecule has 1 atom stereocenters. The van der Waals surface area contributed by atoms with E-state index in [0.29, 0.717) is 61.7 Å². The molecule has 6 nitrogen and oxygen atoms in total. The van der Waals surface area contributed by atoms with Gasteiger partial charge in [0, 0.05) is 29.2 Å². The van der Waals surface area contributed by atoms with Gasteiger partial charge in [-0.1, -0.05) is 48.0 Å². The van der Waals surface area contributed by atoms with Gasteiger partial charge in [-0.2, -0.15) is 0 Å². The lowest BCUT2D eigenvalue weighted by molar-refractivity contribution is 0.00471. The highest BCUT2D eigenvalue weighted by Crippen LogP contribution is 2.43. The van der Waals surface area contributed by atoms with Gasteiger partial charge < -0.3 is 19.3 Å². The molecule has 216 valence electrons. The molecule has 2 saturated heterocycles. The molecule has 0 saturated carbocycles. The van der Waals surface area contributed by atoms with E-state index in [4.69, 9.17) is 21.1 Å². The minimum absolute atomic E-state index is 0.141. The Bertz CT molecular complexity index is 1430. The Hall–Kier alpha value is -3.49. The highest BCUT2D eigenvalue weighted by Gasteiger charge is 2.51. The molecule has 3 aromatic rings. The van der Waals surface area contributed by atoms with Crippen LogP contribution in [0.3, 0.4) is 0 Å². The smallest absolute Gasteiger partial charge is 0.257 e. The molecule has 0 N–H and O–H groups in total. The summed E-state index contributed by atoms with van der Waals surface area (Å²) in [5.41, 5.74) is 0.687. The summed E-state index contributed by atoms with van der Waals surface area (Å²) >= 11 is 6.19. The first-order chi connectivity index (χ1) is 19.7. The van der Waals surface area contributed by atoms with Gasteiger partial charge in [0.05, 0.1) is 31.9 Å². The summed E-state index contributed by atoms with van der Waals surface area (Å²) in [6.45, 7) is 2.92. The number of ether oxygens (including phenoxy) is 2. The molecule has 2 aliphatic rings. The Morgan fingerprint density at radius 3 is 2.41 bits per heavy atom. The number of carbonyl (C=O) groups is 2. The SMILES string of the molecule is COc1cc(Cl)cc(C(=O)N2CCC3(CCC(COCc4ccccc4)N3C(=O)c3ccc(C)c(F)c3F)CC2)c1. The van der Waals surface area contributed by atoms with Gasteiger partial charge in [0.25, 0.3) is 11.8 Å². The van der Waals surface area contributed by atoms with Gasteiger partial charge in [0.15, 0.2) is 11.6 Å². The second-order valence-electron chi connectivity index (χ2n) is 10.8. The van der Waals surface area contributed by atoms with E-state index >= 15 is 4.39 Å². The maximum atomic E-state index is 15.0. The van der Waals surface area contributed by atoms with Crippen LogP contribution in [0.25, 0.3) is 0 Å². The normalized spacial score (nSPS) is 18.1. The number of carbonyl (C=O) groups excluding carboxylic acids is 2. The number of hydrogen-bond donors (Lipinski definition) is 0. The standard InChI is InChI=1S/C32H33ClF2N2O4/c1-21-8-9-27(29(35)28(21)34)31(39)37-25(20-41-19-22-6-4-3-5-7-22)10-11-32(37)12-14-36(15-13-32)30(38)23-16-24(33)18-26(17-23)40-2/h3-9,16-18,25H,10-15,19-20H2,1-2H3. The zero-order valence-electron chi connectivity index (χ0n) is 23.2. The molecule has 41 heavy (non-hydrogen) atoms. The average Bonchev–Trinajstić information content (AvgIpc) is 3.33. The third-order valence-corrected chi connectivity index (χ3v) is 8.52. The lowest BCUT2D eigenvalue weighted by Gasteiger charge is -2.46. The molecular weight excluding hydrogens is 550 g/mol. The summed E-state index contributed by atoms with van der Waals surface area (Å²) < 4.78 is 40.8. The summed E-state index contributed by atoms with van der Waals surface area (Å²) in [6.07, 6.45) is 2.36. The molecule has 1 spiro atoms. The first-order valence-corrected chi connectivity index (χ1v) is 14.1. The van der Waals surface area contributed by atoms with E-state index in [2.05, 4.69) is 0 Å². The molecule has 2 fully saturated rings. The van der Waals surface area contributed by atoms with Crippen molar-refractivity contribution in [3.63, 3.8) is 0 Å². The Morgan fingerprint density at radius 2 is 1.71 bits per heavy atom. The number of piperidine rings is 1. The molecule has 2 heterocycles. The zero-order valence-corrected chi connectivity index (χ0v) is 23.9. The van der Waals surface area contributed by atoms with E-state index in [1.165, 1.54) is 26.2 Å². The molecule has 0 bridgehead atoms. The van der Waals surface area contributed by atoms with Crippen LogP contribution in [0.1, 0.15) is 57.5 Å². The summed E-state index contributed by atoms with van der Waals surface area (Å²) in [5, 5.41) is 0.402. The number of likely N-dealkylation sites (tertiary alicyclic amines) is 2. The lowest BCUT2D eigenvalue weighted by Crippen LogP contribution is -2.57. The maximum Gasteiger partial charge on any atom is 0.257 e. The molecule has 0 radical (unpaired) electrons. The Morgan fingerprint density at radius 1 is 0.976 bits per heavy atom. The topological polar surface area (TPSA) is 59.1 Å². The molecule has 1 unspecified atom stereocenters. The van der Waals surface area contributed by atoms with Crippen LogP contribution in [-0.2, 0) is 11.3 Å². The van der Waals surface area contributed by atoms with Crippen molar-refractivity contribution in [2.45, 2.75) is 50.8 Å². The predicted octanol–water partition coefficient (Wildman–Crippen LogP) is 6.43. The quantitative estimate of drug-likeness (QED) is 0.322. The van der Waals surface area contributed by atoms with Crippen LogP contribution in [0.15, 0.2) is 60.7 Å². The van der Waals surface area contributed by atoms with E-state index in [-0.39, 0.29) is 29.7 Å². The van der Waals surface area contributed by atoms with Crippen molar-refractivity contribution >= 4 is 23.4 Å². The minimum atomic E-state index is -1.14. The number of benzene rings is 3. The first kappa shape index (κ1) is 29.0. The number of amides is 2. The number of aryl methyl sites for hydroxylation is 1. The van der Waals surface area contributed by atoms with Gasteiger partial charge >= 0.3 is 0 Å². The molecule has 9 heteroatoms. The fourth-order valence-electron chi connectivity index (χ4n) is 6.04. The molecule has 3 aromatic carbocycles. The summed E-state index contributed by atoms with van der Waals surface area (Å²) in [6, 6.07) is 17.1. The van der Waals surface area contributed by atoms with E-state index in [9.17, 15) is 14.0 Å². The maximum absolute atomic E-state index is 15.0. The van der Waals surface area contributed by atoms with Crippen LogP contribution >= 0.6 is 11.6 Å². The van der Waals surface area contributed by atoms with Gasteiger partial charge in [-0.3, -0.25) is 9.59 Å². The lowest BCUT2D eigenvalue weighted by atomic mass is 9.84. The second-order valence-corrected chi connectivity index (χ2v) is 11.3. The van der Waals surface area contributed by atoms with Crippen LogP contribution in [0.4, 0.5) is 8.78 Å². The van der Waals surface area contributed by atoms with E-state index < -0.39 is 23.1 Å². The van der Waals surface area contributed by atoms with Crippen LogP contribution < -0.4 is 4.74 Å². The van der Waals surface area contributed by atoms with Gasteiger partial charge in [-0.15, -0.1) is 0 Å². The van der Waals surface area contributed by atoms with Crippen LogP contribution in [0, 0.1) is 18.6 Å². The molecule has 0 aliphatic carbocycles. The highest BCUT2D eigenvalue weighted by molar-refractivity contribution is 6.31. The van der Waals surface area contributed by atoms with Crippen molar-refractivity contribution < 1.29 is 27.8 Å². The summed E-state index contributed by atoms with van der Waals surface area (Å²) in [4.78, 5) is 30.7. The van der Waals surface area contributed by atoms with Crippen LogP contribution in [-0.4, -0.2) is 60.0 Å². The van der Waals surface area contributed by atoms with Gasteiger partial charge in [0.1, 0.15) is 5.75 Å². The Kier molecular flexibility index (Phi) is 8.61. The Balaban J connectivity index is 1.37. The van der Waals surface area contributed by atoms with Crippen molar-refractivity contribution in [1.82, 2.24) is 9.80 Å². The zero-order chi connectivity index (χ0) is 29.1. The molecule has 2 aliphatic heterocycles. The number of nitrogens with zero attached hydrogens (tertiary/aromatic N) is 2. The summed E-state index contributed by atoms with van der Waals surface area (Å²) in [7, 11) is 1.51. The van der Waals surface area contributed by atoms with Crippen molar-refractivity contribution in [3.8, 4) is 5.75 Å². The predicted molar refractivity (Wildman–Crippen MR) is 152 cm³/mol. The van der Waals surface area contributed by atoms with Crippen molar-refractivity contribution in [2.24, 2.45) is 0 Å². The van der Waals surface area contributed by atoms with E-state index in [1.807, 2.05) is 30.3 Å². The van der Waals surface area contributed by atoms with E-state index in [0.717, 1.165) is 5.56 Å². The number of rotatable bonds is 7. The first-order valence-electron chi connectivity index (χ1n) is 13.8. The highest BCUT2D eigenvalue weighted by atomic mass is 35.5. The Labute approximate surface area is 243 Å². The fourth-order valence-corrected chi connectivity index (χ4v) is 6.27. The van der Waals surface area contributed by atoms with Gasteiger partial charge in [-0.05, 0) is 68.0 Å². The van der Waals surface area contributed by atoms with Crippen molar-refractivity contribution in [2.75, 3.05) is 26.8 Å². The summed E-state index contributed by atoms with van der Waals surface area (Å²) in [5.74, 6) is -2.38. The molecule has 0 aromatic heterocycles. The second kappa shape index (κ2) is 12.2. The third-order valence-electron chi connectivity index (χ3n) is 8.30. The van der Waals surface area contributed by atoms with Crippen LogP contribution in [0.5, 0.6) is 5.75 Å². The largest absolute Gasteiger partial charge is 0.497 e. The van der Waals surface area contributed by atoms with Crippen molar-refractivity contribution in [3.05, 3.63) is 99.6 Å². The molecule has 5 rings (SSSR count). The monoisotopic (exact) mass is 582 g/mol. The van der Waals surface area contributed by atoms with Crippen LogP contribution in [0.2, 0.25) is 5.02 Å². The third kappa shape index (κ3) is 5.95. The average molecular weight is 583 g/mol. The number of methoxy groups -OCH3 is 1. The molecule has 2 amide bonds. The van der Waals surface area contributed by atoms with Gasteiger partial charge in [0.2, 0.25) is 0 Å². The fraction of sp³-hybridized carbons (Fsp3) is 0.375. The minimum Gasteiger partial charge on any atom is -0.497 e. The van der Waals surface area contributed by atoms with Gasteiger partial charge in [-0.25, -0.2) is 8.78 Å². The van der Waals surface area contributed by atoms with E-state index in [1.54, 1.807) is 28.0 Å². The molecular formula is C32H33ClF2N2O4.